The summed E-state index contributed by atoms with van der Waals surface area (Å²) in [5.74, 6) is 2.41. The van der Waals surface area contributed by atoms with Crippen molar-refractivity contribution in [1.82, 2.24) is 15.0 Å². The van der Waals surface area contributed by atoms with Gasteiger partial charge in [-0.3, -0.25) is 0 Å². The predicted octanol–water partition coefficient (Wildman–Crippen LogP) is 1.75. The monoisotopic (exact) mass is 288 g/mol. The van der Waals surface area contributed by atoms with Crippen molar-refractivity contribution in [1.29, 1.82) is 0 Å². The third kappa shape index (κ3) is 2.81. The van der Waals surface area contributed by atoms with Gasteiger partial charge >= 0.3 is 6.01 Å². The van der Waals surface area contributed by atoms with Crippen molar-refractivity contribution in [3.05, 3.63) is 18.2 Å². The van der Waals surface area contributed by atoms with Crippen LogP contribution < -0.4 is 19.5 Å². The topological polar surface area (TPSA) is 78.4 Å². The molecule has 1 N–H and O–H groups in total. The molecule has 0 amide bonds. The summed E-state index contributed by atoms with van der Waals surface area (Å²) >= 11 is 0. The summed E-state index contributed by atoms with van der Waals surface area (Å²) in [6, 6.07) is 5.89. The molecule has 1 aliphatic rings. The van der Waals surface area contributed by atoms with Crippen LogP contribution in [-0.4, -0.2) is 42.3 Å². The molecule has 0 atom stereocenters. The number of aromatic nitrogens is 3. The van der Waals surface area contributed by atoms with Crippen molar-refractivity contribution in [2.24, 2.45) is 0 Å². The second-order valence-corrected chi connectivity index (χ2v) is 4.43. The average Bonchev–Trinajstić information content (AvgIpc) is 2.78. The summed E-state index contributed by atoms with van der Waals surface area (Å²) < 4.78 is 16.4. The molecular formula is C14H16N4O3. The Bertz CT molecular complexity index is 626. The van der Waals surface area contributed by atoms with E-state index in [0.29, 0.717) is 30.7 Å². The number of benzene rings is 1. The number of nitrogens with one attached hydrogen (secondary N) is 1. The lowest BCUT2D eigenvalue weighted by atomic mass is 10.2. The zero-order chi connectivity index (χ0) is 14.7. The molecule has 1 aromatic carbocycles. The fourth-order valence-electron chi connectivity index (χ4n) is 1.99. The smallest absolute Gasteiger partial charge is 0.321 e. The molecule has 3 rings (SSSR count). The van der Waals surface area contributed by atoms with Crippen molar-refractivity contribution >= 4 is 5.95 Å². The number of anilines is 1. The highest BCUT2D eigenvalue weighted by Gasteiger charge is 2.14. The van der Waals surface area contributed by atoms with Crippen molar-refractivity contribution in [2.45, 2.75) is 6.42 Å². The average molecular weight is 288 g/mol. The Morgan fingerprint density at radius 1 is 1.10 bits per heavy atom. The molecule has 0 radical (unpaired) electrons. The van der Waals surface area contributed by atoms with E-state index in [-0.39, 0.29) is 6.01 Å². The van der Waals surface area contributed by atoms with Crippen LogP contribution in [0.25, 0.3) is 11.4 Å². The maximum Gasteiger partial charge on any atom is 0.321 e. The molecule has 0 aliphatic carbocycles. The van der Waals surface area contributed by atoms with Gasteiger partial charge in [0.1, 0.15) is 0 Å². The maximum atomic E-state index is 5.68. The number of rotatable bonds is 3. The standard InChI is InChI=1S/C14H16N4O3/c1-15-13-16-12(17-14(18-13)19-2)9-4-5-10-11(8-9)21-7-3-6-20-10/h4-5,8H,3,6-7H2,1-2H3,(H,15,16,17,18). The van der Waals surface area contributed by atoms with Crippen molar-refractivity contribution in [3.63, 3.8) is 0 Å². The van der Waals surface area contributed by atoms with E-state index in [1.165, 1.54) is 7.11 Å². The van der Waals surface area contributed by atoms with Crippen LogP contribution in [0.2, 0.25) is 0 Å². The summed E-state index contributed by atoms with van der Waals surface area (Å²) in [4.78, 5) is 12.7. The summed E-state index contributed by atoms with van der Waals surface area (Å²) in [5.41, 5.74) is 0.816. The van der Waals surface area contributed by atoms with Crippen LogP contribution in [0.5, 0.6) is 17.5 Å². The van der Waals surface area contributed by atoms with Gasteiger partial charge in [-0.1, -0.05) is 0 Å². The van der Waals surface area contributed by atoms with Crippen LogP contribution in [0.1, 0.15) is 6.42 Å². The Labute approximate surface area is 122 Å². The minimum Gasteiger partial charge on any atom is -0.490 e. The molecule has 0 spiro atoms. The van der Waals surface area contributed by atoms with Gasteiger partial charge in [-0.25, -0.2) is 0 Å². The van der Waals surface area contributed by atoms with Crippen molar-refractivity contribution in [2.75, 3.05) is 32.7 Å². The van der Waals surface area contributed by atoms with Crippen molar-refractivity contribution < 1.29 is 14.2 Å². The molecule has 1 aliphatic heterocycles. The molecule has 110 valence electrons. The first-order chi connectivity index (χ1) is 10.3. The third-order valence-corrected chi connectivity index (χ3v) is 3.03. The Hall–Kier alpha value is -2.57. The molecule has 21 heavy (non-hydrogen) atoms. The van der Waals surface area contributed by atoms with E-state index in [1.54, 1.807) is 7.05 Å². The molecule has 0 bridgehead atoms. The van der Waals surface area contributed by atoms with Crippen LogP contribution in [0.4, 0.5) is 5.95 Å². The minimum absolute atomic E-state index is 0.261. The molecular weight excluding hydrogens is 272 g/mol. The summed E-state index contributed by atoms with van der Waals surface area (Å²) in [7, 11) is 3.26. The molecule has 7 heteroatoms. The zero-order valence-electron chi connectivity index (χ0n) is 11.9. The molecule has 0 saturated heterocycles. The Kier molecular flexibility index (Phi) is 3.72. The maximum absolute atomic E-state index is 5.68. The molecule has 2 aromatic rings. The largest absolute Gasteiger partial charge is 0.490 e. The number of hydrogen-bond donors (Lipinski definition) is 1. The molecule has 7 nitrogen and oxygen atoms in total. The van der Waals surface area contributed by atoms with E-state index < -0.39 is 0 Å². The molecule has 0 unspecified atom stereocenters. The summed E-state index contributed by atoms with van der Waals surface area (Å²) in [5, 5.41) is 2.89. The number of hydrogen-bond acceptors (Lipinski definition) is 7. The van der Waals surface area contributed by atoms with Crippen molar-refractivity contribution in [3.8, 4) is 28.9 Å². The molecule has 1 aromatic heterocycles. The fourth-order valence-corrected chi connectivity index (χ4v) is 1.99. The van der Waals surface area contributed by atoms with E-state index in [0.717, 1.165) is 17.7 Å². The van der Waals surface area contributed by atoms with Gasteiger partial charge in [0, 0.05) is 19.0 Å². The van der Waals surface area contributed by atoms with Crippen LogP contribution in [-0.2, 0) is 0 Å². The molecule has 2 heterocycles. The number of nitrogens with zero attached hydrogens (tertiary/aromatic N) is 3. The molecule has 0 fully saturated rings. The van der Waals surface area contributed by atoms with E-state index in [1.807, 2.05) is 18.2 Å². The van der Waals surface area contributed by atoms with E-state index >= 15 is 0 Å². The highest BCUT2D eigenvalue weighted by Crippen LogP contribution is 2.33. The quantitative estimate of drug-likeness (QED) is 0.921. The van der Waals surface area contributed by atoms with Gasteiger partial charge in [0.05, 0.1) is 20.3 Å². The zero-order valence-corrected chi connectivity index (χ0v) is 11.9. The van der Waals surface area contributed by atoms with Gasteiger partial charge < -0.3 is 19.5 Å². The number of methoxy groups -OCH3 is 1. The normalized spacial score (nSPS) is 13.4. The number of ether oxygens (including phenoxy) is 3. The van der Waals surface area contributed by atoms with Gasteiger partial charge in [-0.15, -0.1) is 0 Å². The van der Waals surface area contributed by atoms with Gasteiger partial charge in [0.15, 0.2) is 17.3 Å². The van der Waals surface area contributed by atoms with Crippen LogP contribution >= 0.6 is 0 Å². The second kappa shape index (κ2) is 5.82. The first kappa shape index (κ1) is 13.4. The van der Waals surface area contributed by atoms with Crippen LogP contribution in [0.3, 0.4) is 0 Å². The van der Waals surface area contributed by atoms with E-state index in [2.05, 4.69) is 20.3 Å². The lowest BCUT2D eigenvalue weighted by molar-refractivity contribution is 0.297. The van der Waals surface area contributed by atoms with E-state index in [9.17, 15) is 0 Å². The van der Waals surface area contributed by atoms with Crippen LogP contribution in [0, 0.1) is 0 Å². The summed E-state index contributed by atoms with van der Waals surface area (Å²) in [6.45, 7) is 1.30. The third-order valence-electron chi connectivity index (χ3n) is 3.03. The lowest BCUT2D eigenvalue weighted by Gasteiger charge is -2.10. The highest BCUT2D eigenvalue weighted by molar-refractivity contribution is 5.62. The van der Waals surface area contributed by atoms with Gasteiger partial charge in [0.2, 0.25) is 5.95 Å². The number of fused-ring (bicyclic) bond motifs is 1. The first-order valence-corrected chi connectivity index (χ1v) is 6.68. The Morgan fingerprint density at radius 3 is 2.67 bits per heavy atom. The van der Waals surface area contributed by atoms with Gasteiger partial charge in [-0.05, 0) is 18.2 Å². The second-order valence-electron chi connectivity index (χ2n) is 4.43. The van der Waals surface area contributed by atoms with E-state index in [4.69, 9.17) is 14.2 Å². The predicted molar refractivity (Wildman–Crippen MR) is 77.0 cm³/mol. The van der Waals surface area contributed by atoms with Crippen LogP contribution in [0.15, 0.2) is 18.2 Å². The Balaban J connectivity index is 2.02. The fraction of sp³-hybridized carbons (Fsp3) is 0.357. The van der Waals surface area contributed by atoms with Gasteiger partial charge in [-0.2, -0.15) is 15.0 Å². The highest BCUT2D eigenvalue weighted by atomic mass is 16.5. The summed E-state index contributed by atoms with van der Waals surface area (Å²) in [6.07, 6.45) is 0.869. The SMILES string of the molecule is CNc1nc(OC)nc(-c2ccc3c(c2)OCCCO3)n1. The Morgan fingerprint density at radius 2 is 1.90 bits per heavy atom. The lowest BCUT2D eigenvalue weighted by Crippen LogP contribution is -2.03. The molecule has 0 saturated carbocycles. The first-order valence-electron chi connectivity index (χ1n) is 6.68. The van der Waals surface area contributed by atoms with Gasteiger partial charge in [0.25, 0.3) is 0 Å². The minimum atomic E-state index is 0.261.